The molecular weight excluding hydrogens is 456 g/mol. The number of hydrogen-bond donors (Lipinski definition) is 2. The maximum atomic E-state index is 12.7. The van der Waals surface area contributed by atoms with Crippen LogP contribution in [0.1, 0.15) is 5.56 Å². The molecule has 0 aliphatic carbocycles. The lowest BCUT2D eigenvalue weighted by Crippen LogP contribution is -2.54. The highest BCUT2D eigenvalue weighted by Gasteiger charge is 2.36. The molecule has 2 N–H and O–H groups in total. The molecule has 126 valence electrons. The van der Waals surface area contributed by atoms with Crippen LogP contribution in [0.15, 0.2) is 57.0 Å². The summed E-state index contributed by atoms with van der Waals surface area (Å²) in [5.41, 5.74) is 0.685. The third-order valence-electron chi connectivity index (χ3n) is 3.47. The third kappa shape index (κ3) is 3.49. The third-order valence-corrected chi connectivity index (χ3v) is 4.63. The number of carbonyl (C=O) groups excluding carboxylic acids is 3. The van der Waals surface area contributed by atoms with Gasteiger partial charge in [-0.15, -0.1) is 0 Å². The Morgan fingerprint density at radius 3 is 2.32 bits per heavy atom. The predicted molar refractivity (Wildman–Crippen MR) is 99.0 cm³/mol. The van der Waals surface area contributed by atoms with E-state index in [9.17, 15) is 19.5 Å². The monoisotopic (exact) mass is 464 g/mol. The van der Waals surface area contributed by atoms with Gasteiger partial charge in [0.25, 0.3) is 11.8 Å². The van der Waals surface area contributed by atoms with Crippen LogP contribution in [0.25, 0.3) is 6.08 Å². The molecule has 0 spiro atoms. The first-order valence-electron chi connectivity index (χ1n) is 7.02. The van der Waals surface area contributed by atoms with Crippen LogP contribution < -0.4 is 10.2 Å². The SMILES string of the molecule is O=C1NC(=O)N(c2ccc(Br)cc2)C(=O)/C1=C/c1ccc(O)c(Br)c1. The van der Waals surface area contributed by atoms with Crippen LogP contribution in [0.5, 0.6) is 5.75 Å². The van der Waals surface area contributed by atoms with Crippen molar-refractivity contribution >= 4 is 61.5 Å². The molecule has 2 aromatic rings. The molecule has 8 heteroatoms. The van der Waals surface area contributed by atoms with E-state index >= 15 is 0 Å². The molecule has 1 aliphatic rings. The summed E-state index contributed by atoms with van der Waals surface area (Å²) in [6.45, 7) is 0. The molecule has 1 fully saturated rings. The number of nitrogens with one attached hydrogen (secondary N) is 1. The number of urea groups is 1. The molecule has 3 rings (SSSR count). The molecule has 0 unspecified atom stereocenters. The molecule has 0 bridgehead atoms. The maximum absolute atomic E-state index is 12.7. The molecule has 0 atom stereocenters. The van der Waals surface area contributed by atoms with Gasteiger partial charge in [-0.2, -0.15) is 0 Å². The largest absolute Gasteiger partial charge is 0.507 e. The summed E-state index contributed by atoms with van der Waals surface area (Å²) in [5.74, 6) is -1.46. The quantitative estimate of drug-likeness (QED) is 0.524. The number of anilines is 1. The number of carbonyl (C=O) groups is 3. The van der Waals surface area contributed by atoms with Gasteiger partial charge in [0.1, 0.15) is 11.3 Å². The Morgan fingerprint density at radius 1 is 1.00 bits per heavy atom. The molecule has 25 heavy (non-hydrogen) atoms. The second kappa shape index (κ2) is 6.81. The number of phenols is 1. The zero-order valence-electron chi connectivity index (χ0n) is 12.5. The van der Waals surface area contributed by atoms with E-state index in [2.05, 4.69) is 37.2 Å². The van der Waals surface area contributed by atoms with Crippen molar-refractivity contribution in [2.45, 2.75) is 0 Å². The van der Waals surface area contributed by atoms with Crippen LogP contribution in [0.3, 0.4) is 0 Å². The molecule has 0 radical (unpaired) electrons. The summed E-state index contributed by atoms with van der Waals surface area (Å²) in [5, 5.41) is 11.7. The summed E-state index contributed by atoms with van der Waals surface area (Å²) in [6.07, 6.45) is 1.36. The average Bonchev–Trinajstić information content (AvgIpc) is 2.56. The van der Waals surface area contributed by atoms with E-state index in [0.717, 1.165) is 9.37 Å². The highest BCUT2D eigenvalue weighted by atomic mass is 79.9. The number of hydrogen-bond acceptors (Lipinski definition) is 4. The zero-order valence-corrected chi connectivity index (χ0v) is 15.7. The molecule has 6 nitrogen and oxygen atoms in total. The molecule has 4 amide bonds. The number of aromatic hydroxyl groups is 1. The van der Waals surface area contributed by atoms with E-state index in [4.69, 9.17) is 0 Å². The Labute approximate surface area is 159 Å². The zero-order chi connectivity index (χ0) is 18.1. The first kappa shape index (κ1) is 17.4. The van der Waals surface area contributed by atoms with E-state index in [-0.39, 0.29) is 11.3 Å². The van der Waals surface area contributed by atoms with Gasteiger partial charge in [0.05, 0.1) is 10.2 Å². The average molecular weight is 466 g/mol. The van der Waals surface area contributed by atoms with Gasteiger partial charge < -0.3 is 5.11 Å². The molecule has 1 heterocycles. The number of nitrogens with zero attached hydrogens (tertiary/aromatic N) is 1. The van der Waals surface area contributed by atoms with Crippen molar-refractivity contribution in [3.05, 3.63) is 62.5 Å². The molecular formula is C17H10Br2N2O4. The van der Waals surface area contributed by atoms with Crippen molar-refractivity contribution in [2.24, 2.45) is 0 Å². The molecule has 0 saturated carbocycles. The van der Waals surface area contributed by atoms with Crippen LogP contribution in [0, 0.1) is 0 Å². The fraction of sp³-hybridized carbons (Fsp3) is 0. The maximum Gasteiger partial charge on any atom is 0.335 e. The van der Waals surface area contributed by atoms with Gasteiger partial charge in [-0.1, -0.05) is 22.0 Å². The highest BCUT2D eigenvalue weighted by molar-refractivity contribution is 9.10. The summed E-state index contributed by atoms with van der Waals surface area (Å²) in [7, 11) is 0. The van der Waals surface area contributed by atoms with Gasteiger partial charge in [-0.05, 0) is 64.0 Å². The fourth-order valence-corrected chi connectivity index (χ4v) is 2.92. The second-order valence-electron chi connectivity index (χ2n) is 5.15. The topological polar surface area (TPSA) is 86.7 Å². The highest BCUT2D eigenvalue weighted by Crippen LogP contribution is 2.27. The normalized spacial score (nSPS) is 16.3. The number of benzene rings is 2. The number of amides is 4. The van der Waals surface area contributed by atoms with E-state index in [1.165, 1.54) is 12.1 Å². The van der Waals surface area contributed by atoms with E-state index in [1.807, 2.05) is 0 Å². The van der Waals surface area contributed by atoms with Crippen molar-refractivity contribution in [1.29, 1.82) is 0 Å². The first-order valence-corrected chi connectivity index (χ1v) is 8.61. The van der Waals surface area contributed by atoms with Crippen LogP contribution >= 0.6 is 31.9 Å². The van der Waals surface area contributed by atoms with Crippen LogP contribution in [0.2, 0.25) is 0 Å². The summed E-state index contributed by atoms with van der Waals surface area (Å²) in [6, 6.07) is 10.3. The van der Waals surface area contributed by atoms with Crippen molar-refractivity contribution in [3.63, 3.8) is 0 Å². The van der Waals surface area contributed by atoms with Crippen molar-refractivity contribution < 1.29 is 19.5 Å². The predicted octanol–water partition coefficient (Wildman–Crippen LogP) is 3.58. The van der Waals surface area contributed by atoms with Crippen molar-refractivity contribution in [1.82, 2.24) is 5.32 Å². The Hall–Kier alpha value is -2.45. The lowest BCUT2D eigenvalue weighted by molar-refractivity contribution is -0.122. The van der Waals surface area contributed by atoms with E-state index < -0.39 is 17.8 Å². The minimum Gasteiger partial charge on any atom is -0.507 e. The smallest absolute Gasteiger partial charge is 0.335 e. The number of phenolic OH excluding ortho intramolecular Hbond substituents is 1. The number of rotatable bonds is 2. The van der Waals surface area contributed by atoms with Gasteiger partial charge in [0.2, 0.25) is 0 Å². The Kier molecular flexibility index (Phi) is 4.73. The summed E-state index contributed by atoms with van der Waals surface area (Å²) < 4.78 is 1.22. The lowest BCUT2D eigenvalue weighted by Gasteiger charge is -2.26. The molecule has 0 aromatic heterocycles. The van der Waals surface area contributed by atoms with Crippen LogP contribution in [0.4, 0.5) is 10.5 Å². The second-order valence-corrected chi connectivity index (χ2v) is 6.92. The fourth-order valence-electron chi connectivity index (χ4n) is 2.26. The lowest BCUT2D eigenvalue weighted by atomic mass is 10.1. The van der Waals surface area contributed by atoms with Crippen LogP contribution in [-0.2, 0) is 9.59 Å². The minimum atomic E-state index is -0.804. The van der Waals surface area contributed by atoms with Gasteiger partial charge in [0.15, 0.2) is 0 Å². The molecule has 1 aliphatic heterocycles. The first-order chi connectivity index (χ1) is 11.9. The summed E-state index contributed by atoms with van der Waals surface area (Å²) >= 11 is 6.46. The Balaban J connectivity index is 2.01. The van der Waals surface area contributed by atoms with Gasteiger partial charge >= 0.3 is 6.03 Å². The Morgan fingerprint density at radius 2 is 1.68 bits per heavy atom. The summed E-state index contributed by atoms with van der Waals surface area (Å²) in [4.78, 5) is 37.8. The van der Waals surface area contributed by atoms with Crippen molar-refractivity contribution in [2.75, 3.05) is 4.90 Å². The molecule has 2 aromatic carbocycles. The van der Waals surface area contributed by atoms with Gasteiger partial charge in [-0.3, -0.25) is 14.9 Å². The van der Waals surface area contributed by atoms with Gasteiger partial charge in [0, 0.05) is 4.47 Å². The van der Waals surface area contributed by atoms with E-state index in [1.54, 1.807) is 36.4 Å². The van der Waals surface area contributed by atoms with Gasteiger partial charge in [-0.25, -0.2) is 9.69 Å². The van der Waals surface area contributed by atoms with Crippen LogP contribution in [-0.4, -0.2) is 23.0 Å². The Bertz CT molecular complexity index is 923. The number of barbiturate groups is 1. The number of halogens is 2. The standard InChI is InChI=1S/C17H10Br2N2O4/c18-10-2-4-11(5-3-10)21-16(24)12(15(23)20-17(21)25)7-9-1-6-14(22)13(19)8-9/h1-8,22H,(H,20,23,25)/b12-7+. The van der Waals surface area contributed by atoms with E-state index in [0.29, 0.717) is 15.7 Å². The van der Waals surface area contributed by atoms with Crippen molar-refractivity contribution in [3.8, 4) is 5.75 Å². The molecule has 1 saturated heterocycles. The number of imide groups is 2. The minimum absolute atomic E-state index is 0.0354.